The van der Waals surface area contributed by atoms with Crippen molar-refractivity contribution >= 4 is 5.96 Å². The molecule has 1 aromatic heterocycles. The lowest BCUT2D eigenvalue weighted by Gasteiger charge is -2.31. The summed E-state index contributed by atoms with van der Waals surface area (Å²) in [7, 11) is 1.80. The number of aliphatic imine (C=N–C) groups is 1. The van der Waals surface area contributed by atoms with E-state index in [1.807, 2.05) is 6.07 Å². The normalized spacial score (nSPS) is 13.8. The van der Waals surface area contributed by atoms with Gasteiger partial charge in [-0.15, -0.1) is 0 Å². The molecule has 6 nitrogen and oxygen atoms in total. The van der Waals surface area contributed by atoms with E-state index in [0.717, 1.165) is 37.0 Å². The van der Waals surface area contributed by atoms with Crippen molar-refractivity contribution in [3.63, 3.8) is 0 Å². The Bertz CT molecular complexity index is 506. The van der Waals surface area contributed by atoms with E-state index in [9.17, 15) is 0 Å². The fourth-order valence-corrected chi connectivity index (χ4v) is 2.94. The summed E-state index contributed by atoms with van der Waals surface area (Å²) in [4.78, 5) is 6.83. The lowest BCUT2D eigenvalue weighted by molar-refractivity contribution is 0.191. The third-order valence-electron chi connectivity index (χ3n) is 4.40. The predicted octanol–water partition coefficient (Wildman–Crippen LogP) is 3.22. The first-order chi connectivity index (χ1) is 11.9. The molecule has 0 amide bonds. The van der Waals surface area contributed by atoms with Gasteiger partial charge in [-0.1, -0.05) is 46.7 Å². The van der Waals surface area contributed by atoms with Gasteiger partial charge in [0.05, 0.1) is 12.2 Å². The first-order valence-electron chi connectivity index (χ1n) is 9.55. The van der Waals surface area contributed by atoms with Crippen LogP contribution < -0.4 is 10.6 Å². The molecule has 0 bridgehead atoms. The zero-order valence-electron chi connectivity index (χ0n) is 17.1. The Morgan fingerprint density at radius 2 is 1.88 bits per heavy atom. The minimum absolute atomic E-state index is 0.376. The molecule has 1 aromatic rings. The van der Waals surface area contributed by atoms with Gasteiger partial charge in [-0.25, -0.2) is 0 Å². The molecule has 0 spiro atoms. The molecule has 0 aliphatic carbocycles. The van der Waals surface area contributed by atoms with E-state index in [4.69, 9.17) is 4.52 Å². The monoisotopic (exact) mass is 351 g/mol. The predicted molar refractivity (Wildman–Crippen MR) is 105 cm³/mol. The van der Waals surface area contributed by atoms with Gasteiger partial charge in [0.25, 0.3) is 0 Å². The molecule has 144 valence electrons. The van der Waals surface area contributed by atoms with Gasteiger partial charge in [0.2, 0.25) is 0 Å². The van der Waals surface area contributed by atoms with Gasteiger partial charge in [-0.05, 0) is 31.3 Å². The van der Waals surface area contributed by atoms with Crippen molar-refractivity contribution in [1.29, 1.82) is 0 Å². The molecular weight excluding hydrogens is 314 g/mol. The Kier molecular flexibility index (Phi) is 9.57. The summed E-state index contributed by atoms with van der Waals surface area (Å²) in [5.74, 6) is 2.67. The number of nitrogens with one attached hydrogen (secondary N) is 2. The fraction of sp³-hybridized carbons (Fsp3) is 0.789. The van der Waals surface area contributed by atoms with Crippen LogP contribution in [0.3, 0.4) is 0 Å². The number of hydrogen-bond donors (Lipinski definition) is 2. The van der Waals surface area contributed by atoms with Crippen LogP contribution in [0, 0.1) is 5.92 Å². The summed E-state index contributed by atoms with van der Waals surface area (Å²) in [6.45, 7) is 16.8. The lowest BCUT2D eigenvalue weighted by atomic mass is 10.0. The Labute approximate surface area is 153 Å². The Morgan fingerprint density at radius 3 is 2.36 bits per heavy atom. The second-order valence-corrected chi connectivity index (χ2v) is 7.18. The van der Waals surface area contributed by atoms with E-state index in [1.165, 1.54) is 6.42 Å². The van der Waals surface area contributed by atoms with E-state index in [2.05, 4.69) is 67.2 Å². The fourth-order valence-electron chi connectivity index (χ4n) is 2.94. The van der Waals surface area contributed by atoms with Crippen LogP contribution in [0.5, 0.6) is 0 Å². The SMILES string of the molecule is CCN(CC)C(CNC(=NC)NCc1cc(C(C)C)no1)CC(C)C. The van der Waals surface area contributed by atoms with Crippen molar-refractivity contribution in [2.75, 3.05) is 26.7 Å². The summed E-state index contributed by atoms with van der Waals surface area (Å²) in [5.41, 5.74) is 0.985. The molecule has 0 fully saturated rings. The number of aromatic nitrogens is 1. The second kappa shape index (κ2) is 11.1. The van der Waals surface area contributed by atoms with E-state index in [0.29, 0.717) is 24.4 Å². The first-order valence-corrected chi connectivity index (χ1v) is 9.55. The Morgan fingerprint density at radius 1 is 1.20 bits per heavy atom. The van der Waals surface area contributed by atoms with Gasteiger partial charge in [-0.2, -0.15) is 0 Å². The number of guanidine groups is 1. The quantitative estimate of drug-likeness (QED) is 0.500. The van der Waals surface area contributed by atoms with Gasteiger partial charge in [0.1, 0.15) is 0 Å². The average Bonchev–Trinajstić information content (AvgIpc) is 3.04. The van der Waals surface area contributed by atoms with Crippen LogP contribution in [0.15, 0.2) is 15.6 Å². The maximum Gasteiger partial charge on any atom is 0.191 e. The lowest BCUT2D eigenvalue weighted by Crippen LogP contribution is -2.47. The molecule has 1 atom stereocenters. The van der Waals surface area contributed by atoms with Crippen LogP contribution in [-0.4, -0.2) is 48.7 Å². The van der Waals surface area contributed by atoms with Crippen LogP contribution >= 0.6 is 0 Å². The van der Waals surface area contributed by atoms with Crippen LogP contribution in [0.1, 0.15) is 65.3 Å². The number of rotatable bonds is 10. The van der Waals surface area contributed by atoms with Gasteiger partial charge in [0.15, 0.2) is 11.7 Å². The molecule has 2 N–H and O–H groups in total. The summed E-state index contributed by atoms with van der Waals surface area (Å²) >= 11 is 0. The zero-order chi connectivity index (χ0) is 18.8. The maximum atomic E-state index is 5.37. The minimum atomic E-state index is 0.376. The first kappa shape index (κ1) is 21.5. The standard InChI is InChI=1S/C19H37N5O/c1-8-24(9-2)16(10-14(3)4)12-21-19(20-7)22-13-17-11-18(15(5)6)23-25-17/h11,14-16H,8-10,12-13H2,1-7H3,(H2,20,21,22). The molecule has 0 saturated heterocycles. The molecule has 25 heavy (non-hydrogen) atoms. The third-order valence-corrected chi connectivity index (χ3v) is 4.40. The van der Waals surface area contributed by atoms with E-state index in [1.54, 1.807) is 7.05 Å². The third kappa shape index (κ3) is 7.46. The van der Waals surface area contributed by atoms with Gasteiger partial charge < -0.3 is 15.2 Å². The van der Waals surface area contributed by atoms with Crippen molar-refractivity contribution in [2.45, 2.75) is 66.5 Å². The van der Waals surface area contributed by atoms with Gasteiger partial charge in [0, 0.05) is 25.7 Å². The van der Waals surface area contributed by atoms with Crippen LogP contribution in [-0.2, 0) is 6.54 Å². The highest BCUT2D eigenvalue weighted by Gasteiger charge is 2.17. The molecule has 0 radical (unpaired) electrons. The highest BCUT2D eigenvalue weighted by atomic mass is 16.5. The zero-order valence-corrected chi connectivity index (χ0v) is 17.1. The molecule has 0 aromatic carbocycles. The second-order valence-electron chi connectivity index (χ2n) is 7.18. The Hall–Kier alpha value is -1.56. The smallest absolute Gasteiger partial charge is 0.191 e. The molecule has 6 heteroatoms. The van der Waals surface area contributed by atoms with Gasteiger partial charge >= 0.3 is 0 Å². The van der Waals surface area contributed by atoms with E-state index in [-0.39, 0.29) is 0 Å². The summed E-state index contributed by atoms with van der Waals surface area (Å²) in [5, 5.41) is 10.9. The topological polar surface area (TPSA) is 65.7 Å². The van der Waals surface area contributed by atoms with Crippen molar-refractivity contribution < 1.29 is 4.52 Å². The van der Waals surface area contributed by atoms with Crippen LogP contribution in [0.25, 0.3) is 0 Å². The number of hydrogen-bond acceptors (Lipinski definition) is 4. The molecule has 0 aliphatic rings. The highest BCUT2D eigenvalue weighted by molar-refractivity contribution is 5.79. The molecule has 0 saturated carbocycles. The summed E-state index contributed by atoms with van der Waals surface area (Å²) in [6.07, 6.45) is 1.17. The van der Waals surface area contributed by atoms with Crippen LogP contribution in [0.4, 0.5) is 0 Å². The van der Waals surface area contributed by atoms with E-state index < -0.39 is 0 Å². The van der Waals surface area contributed by atoms with Crippen molar-refractivity contribution in [3.8, 4) is 0 Å². The van der Waals surface area contributed by atoms with Gasteiger partial charge in [-0.3, -0.25) is 9.89 Å². The number of nitrogens with zero attached hydrogens (tertiary/aromatic N) is 3. The average molecular weight is 352 g/mol. The van der Waals surface area contributed by atoms with Crippen molar-refractivity contribution in [2.24, 2.45) is 10.9 Å². The van der Waals surface area contributed by atoms with Crippen molar-refractivity contribution in [3.05, 3.63) is 17.5 Å². The van der Waals surface area contributed by atoms with Crippen LogP contribution in [0.2, 0.25) is 0 Å². The minimum Gasteiger partial charge on any atom is -0.359 e. The van der Waals surface area contributed by atoms with Crippen molar-refractivity contribution in [1.82, 2.24) is 20.7 Å². The molecule has 1 rings (SSSR count). The number of likely N-dealkylation sites (N-methyl/N-ethyl adjacent to an activating group) is 1. The van der Waals surface area contributed by atoms with E-state index >= 15 is 0 Å². The largest absolute Gasteiger partial charge is 0.359 e. The molecular formula is C19H37N5O. The molecule has 1 unspecified atom stereocenters. The summed E-state index contributed by atoms with van der Waals surface area (Å²) < 4.78 is 5.37. The molecule has 0 aliphatic heterocycles. The maximum absolute atomic E-state index is 5.37. The summed E-state index contributed by atoms with van der Waals surface area (Å²) in [6, 6.07) is 2.51. The Balaban J connectivity index is 2.55. The molecule has 1 heterocycles. The highest BCUT2D eigenvalue weighted by Crippen LogP contribution is 2.14.